The van der Waals surface area contributed by atoms with E-state index in [4.69, 9.17) is 9.85 Å². The van der Waals surface area contributed by atoms with Gasteiger partial charge in [0.25, 0.3) is 0 Å². The lowest BCUT2D eigenvalue weighted by molar-refractivity contribution is 0.415. The van der Waals surface area contributed by atoms with Crippen molar-refractivity contribution in [3.63, 3.8) is 0 Å². The van der Waals surface area contributed by atoms with Crippen LogP contribution in [0.15, 0.2) is 24.3 Å². The van der Waals surface area contributed by atoms with Gasteiger partial charge >= 0.3 is 0 Å². The molecule has 0 saturated carbocycles. The standard InChI is InChI=1S/C7H9NO/c1-9-7-4-2-3-6(8)5-7/h2-5H,8H2,1H3/i1D3. The van der Waals surface area contributed by atoms with Crippen LogP contribution in [0.2, 0.25) is 0 Å². The van der Waals surface area contributed by atoms with Crippen molar-refractivity contribution in [2.75, 3.05) is 12.8 Å². The number of benzene rings is 1. The fraction of sp³-hybridized carbons (Fsp3) is 0.143. The van der Waals surface area contributed by atoms with Crippen molar-refractivity contribution in [2.24, 2.45) is 0 Å². The maximum atomic E-state index is 6.81. The lowest BCUT2D eigenvalue weighted by Gasteiger charge is -1.97. The van der Waals surface area contributed by atoms with Gasteiger partial charge in [-0.25, -0.2) is 0 Å². The SMILES string of the molecule is [2H]C([2H])([2H])Oc1cccc(N)c1. The number of hydrogen-bond donors (Lipinski definition) is 1. The average molecular weight is 126 g/mol. The fourth-order valence-electron chi connectivity index (χ4n) is 0.578. The molecule has 0 fully saturated rings. The molecule has 48 valence electrons. The summed E-state index contributed by atoms with van der Waals surface area (Å²) in [6.07, 6.45) is 0. The molecule has 0 amide bonds. The molecule has 1 rings (SSSR count). The molecule has 0 aliphatic heterocycles. The van der Waals surface area contributed by atoms with Crippen molar-refractivity contribution in [3.8, 4) is 5.75 Å². The van der Waals surface area contributed by atoms with Crippen LogP contribution >= 0.6 is 0 Å². The molecular formula is C7H9NO. The minimum Gasteiger partial charge on any atom is -0.497 e. The third kappa shape index (κ3) is 1.35. The van der Waals surface area contributed by atoms with E-state index in [0.717, 1.165) is 0 Å². The van der Waals surface area contributed by atoms with Crippen LogP contribution in [-0.4, -0.2) is 7.04 Å². The van der Waals surface area contributed by atoms with E-state index in [1.807, 2.05) is 0 Å². The van der Waals surface area contributed by atoms with Gasteiger partial charge in [0.15, 0.2) is 0 Å². The van der Waals surface area contributed by atoms with E-state index in [2.05, 4.69) is 4.74 Å². The van der Waals surface area contributed by atoms with Gasteiger partial charge < -0.3 is 10.5 Å². The van der Waals surface area contributed by atoms with Crippen LogP contribution in [0.1, 0.15) is 4.11 Å². The molecule has 0 aliphatic rings. The van der Waals surface area contributed by atoms with Gasteiger partial charge in [0.1, 0.15) is 5.75 Å². The van der Waals surface area contributed by atoms with E-state index < -0.39 is 7.04 Å². The Labute approximate surface area is 58.5 Å². The molecule has 2 N–H and O–H groups in total. The van der Waals surface area contributed by atoms with Crippen LogP contribution in [0.25, 0.3) is 0 Å². The highest BCUT2D eigenvalue weighted by Crippen LogP contribution is 2.12. The highest BCUT2D eigenvalue weighted by Gasteiger charge is 1.87. The molecule has 0 spiro atoms. The molecule has 0 unspecified atom stereocenters. The molecule has 0 saturated heterocycles. The van der Waals surface area contributed by atoms with E-state index in [1.165, 1.54) is 6.07 Å². The largest absolute Gasteiger partial charge is 0.497 e. The van der Waals surface area contributed by atoms with E-state index in [-0.39, 0.29) is 5.75 Å². The quantitative estimate of drug-likeness (QED) is 0.575. The third-order valence-electron chi connectivity index (χ3n) is 0.976. The molecular weight excluding hydrogens is 114 g/mol. The molecule has 0 bridgehead atoms. The number of nitrogens with two attached hydrogens (primary N) is 1. The van der Waals surface area contributed by atoms with Crippen LogP contribution in [-0.2, 0) is 0 Å². The third-order valence-corrected chi connectivity index (χ3v) is 0.976. The summed E-state index contributed by atoms with van der Waals surface area (Å²) in [4.78, 5) is 0. The lowest BCUT2D eigenvalue weighted by atomic mass is 10.3. The molecule has 2 heteroatoms. The molecule has 0 aromatic heterocycles. The van der Waals surface area contributed by atoms with Gasteiger partial charge in [0.2, 0.25) is 0 Å². The first-order valence-electron chi connectivity index (χ1n) is 4.02. The van der Waals surface area contributed by atoms with Gasteiger partial charge in [-0.3, -0.25) is 0 Å². The van der Waals surface area contributed by atoms with Crippen LogP contribution in [0.4, 0.5) is 5.69 Å². The molecule has 0 atom stereocenters. The molecule has 0 aliphatic carbocycles. The Morgan fingerprint density at radius 2 is 2.56 bits per heavy atom. The predicted octanol–water partition coefficient (Wildman–Crippen LogP) is 1.28. The van der Waals surface area contributed by atoms with Gasteiger partial charge in [-0.05, 0) is 12.1 Å². The Hall–Kier alpha value is -1.18. The number of rotatable bonds is 1. The van der Waals surface area contributed by atoms with Crippen molar-refractivity contribution in [1.82, 2.24) is 0 Å². The van der Waals surface area contributed by atoms with Crippen LogP contribution in [0.5, 0.6) is 5.75 Å². The Kier molecular flexibility index (Phi) is 0.827. The summed E-state index contributed by atoms with van der Waals surface area (Å²) in [7, 11) is -2.41. The van der Waals surface area contributed by atoms with Gasteiger partial charge in [-0.2, -0.15) is 0 Å². The van der Waals surface area contributed by atoms with Gasteiger partial charge in [-0.1, -0.05) is 6.07 Å². The van der Waals surface area contributed by atoms with E-state index in [9.17, 15) is 0 Å². The van der Waals surface area contributed by atoms with E-state index in [1.54, 1.807) is 18.2 Å². The van der Waals surface area contributed by atoms with Crippen LogP contribution in [0, 0.1) is 0 Å². The zero-order chi connectivity index (χ0) is 9.19. The normalized spacial score (nSPS) is 15.3. The topological polar surface area (TPSA) is 35.2 Å². The Bertz CT molecular complexity index is 272. The summed E-state index contributed by atoms with van der Waals surface area (Å²) in [6, 6.07) is 6.30. The Morgan fingerprint density at radius 3 is 3.22 bits per heavy atom. The van der Waals surface area contributed by atoms with Gasteiger partial charge in [0.05, 0.1) is 11.2 Å². The summed E-state index contributed by atoms with van der Waals surface area (Å²) >= 11 is 0. The van der Waals surface area contributed by atoms with Crippen molar-refractivity contribution in [2.45, 2.75) is 0 Å². The maximum Gasteiger partial charge on any atom is 0.120 e. The van der Waals surface area contributed by atoms with Crippen LogP contribution < -0.4 is 10.5 Å². The number of methoxy groups -OCH3 is 1. The predicted molar refractivity (Wildman–Crippen MR) is 37.4 cm³/mol. The van der Waals surface area contributed by atoms with Crippen molar-refractivity contribution in [3.05, 3.63) is 24.3 Å². The first-order chi connectivity index (χ1) is 5.47. The maximum absolute atomic E-state index is 6.81. The molecule has 0 heterocycles. The number of nitrogen functional groups attached to an aromatic ring is 1. The molecule has 9 heavy (non-hydrogen) atoms. The molecule has 0 radical (unpaired) electrons. The van der Waals surface area contributed by atoms with Crippen molar-refractivity contribution in [1.29, 1.82) is 0 Å². The first kappa shape index (κ1) is 3.11. The second-order valence-electron chi connectivity index (χ2n) is 1.67. The summed E-state index contributed by atoms with van der Waals surface area (Å²) in [5.74, 6) is 0.259. The minimum atomic E-state index is -2.41. The Balaban J connectivity index is 2.77. The number of ether oxygens (including phenoxy) is 1. The number of hydrogen-bond acceptors (Lipinski definition) is 2. The fourth-order valence-corrected chi connectivity index (χ4v) is 0.578. The summed E-state index contributed by atoms with van der Waals surface area (Å²) < 4.78 is 25.0. The molecule has 1 aromatic rings. The highest BCUT2D eigenvalue weighted by atomic mass is 16.5. The minimum absolute atomic E-state index is 0.259. The monoisotopic (exact) mass is 126 g/mol. The number of anilines is 1. The average Bonchev–Trinajstić information content (AvgIpc) is 1.82. The second kappa shape index (κ2) is 2.40. The zero-order valence-electron chi connectivity index (χ0n) is 7.79. The molecule has 2 nitrogen and oxygen atoms in total. The zero-order valence-corrected chi connectivity index (χ0v) is 4.79. The van der Waals surface area contributed by atoms with Crippen LogP contribution in [0.3, 0.4) is 0 Å². The first-order valence-corrected chi connectivity index (χ1v) is 2.52. The van der Waals surface area contributed by atoms with E-state index >= 15 is 0 Å². The van der Waals surface area contributed by atoms with Crippen molar-refractivity contribution >= 4 is 5.69 Å². The Morgan fingerprint density at radius 1 is 1.67 bits per heavy atom. The summed E-state index contributed by atoms with van der Waals surface area (Å²) in [6.45, 7) is 0. The molecule has 1 aromatic carbocycles. The highest BCUT2D eigenvalue weighted by molar-refractivity contribution is 5.43. The summed E-state index contributed by atoms with van der Waals surface area (Å²) in [5.41, 5.74) is 5.90. The van der Waals surface area contributed by atoms with E-state index in [0.29, 0.717) is 5.69 Å². The smallest absolute Gasteiger partial charge is 0.120 e. The van der Waals surface area contributed by atoms with Crippen molar-refractivity contribution < 1.29 is 8.85 Å². The van der Waals surface area contributed by atoms with Gasteiger partial charge in [-0.15, -0.1) is 0 Å². The van der Waals surface area contributed by atoms with Gasteiger partial charge in [0, 0.05) is 11.8 Å². The summed E-state index contributed by atoms with van der Waals surface area (Å²) in [5, 5.41) is 0. The lowest BCUT2D eigenvalue weighted by Crippen LogP contribution is -1.86. The second-order valence-corrected chi connectivity index (χ2v) is 1.67.